The molecule has 30 heavy (non-hydrogen) atoms. The number of halogens is 1. The molecule has 2 aromatic rings. The van der Waals surface area contributed by atoms with Crippen molar-refractivity contribution in [3.8, 4) is 17.2 Å². The van der Waals surface area contributed by atoms with Gasteiger partial charge >= 0.3 is 0 Å². The molecule has 0 saturated carbocycles. The average molecular weight is 432 g/mol. The summed E-state index contributed by atoms with van der Waals surface area (Å²) in [6, 6.07) is 10.2. The van der Waals surface area contributed by atoms with Crippen molar-refractivity contribution < 1.29 is 23.7 Å². The molecular weight excluding hydrogens is 410 g/mol. The van der Waals surface area contributed by atoms with E-state index in [2.05, 4.69) is 15.6 Å². The molecule has 2 heterocycles. The predicted octanol–water partition coefficient (Wildman–Crippen LogP) is 3.45. The number of hydrogen-bond donors (Lipinski definition) is 2. The third-order valence-electron chi connectivity index (χ3n) is 4.76. The third-order valence-corrected chi connectivity index (χ3v) is 4.99. The van der Waals surface area contributed by atoms with Crippen LogP contribution in [0.25, 0.3) is 0 Å². The van der Waals surface area contributed by atoms with Gasteiger partial charge in [0.15, 0.2) is 11.5 Å². The Morgan fingerprint density at radius 2 is 2.10 bits per heavy atom. The molecule has 1 amide bonds. The quantitative estimate of drug-likeness (QED) is 0.556. The van der Waals surface area contributed by atoms with E-state index in [-0.39, 0.29) is 24.8 Å². The average Bonchev–Trinajstić information content (AvgIpc) is 3.43. The Kier molecular flexibility index (Phi) is 6.25. The van der Waals surface area contributed by atoms with Crippen LogP contribution in [0.4, 0.5) is 5.69 Å². The highest BCUT2D eigenvalue weighted by atomic mass is 35.5. The number of fused-ring (bicyclic) bond motifs is 1. The zero-order valence-corrected chi connectivity index (χ0v) is 17.2. The molecule has 1 fully saturated rings. The first kappa shape index (κ1) is 20.3. The van der Waals surface area contributed by atoms with Gasteiger partial charge in [0.25, 0.3) is 5.91 Å². The summed E-state index contributed by atoms with van der Waals surface area (Å²) in [6.45, 7) is 1.30. The van der Waals surface area contributed by atoms with E-state index in [1.165, 1.54) is 0 Å². The van der Waals surface area contributed by atoms with E-state index in [0.29, 0.717) is 40.1 Å². The number of carbonyl (C=O) groups is 1. The van der Waals surface area contributed by atoms with Crippen molar-refractivity contribution in [3.05, 3.63) is 47.0 Å². The van der Waals surface area contributed by atoms with Crippen LogP contribution in [-0.2, 0) is 4.74 Å². The number of carbonyl (C=O) groups excluding carboxylic acids is 1. The molecule has 2 aliphatic rings. The van der Waals surface area contributed by atoms with E-state index in [1.54, 1.807) is 43.5 Å². The van der Waals surface area contributed by atoms with Crippen LogP contribution in [0, 0.1) is 0 Å². The smallest absolute Gasteiger partial charge is 0.258 e. The van der Waals surface area contributed by atoms with Crippen molar-refractivity contribution in [1.29, 1.82) is 0 Å². The minimum atomic E-state index is -0.340. The van der Waals surface area contributed by atoms with Crippen LogP contribution in [0.3, 0.4) is 0 Å². The Hall–Kier alpha value is -2.97. The maximum atomic E-state index is 12.8. The minimum absolute atomic E-state index is 0.0329. The fourth-order valence-electron chi connectivity index (χ4n) is 3.21. The van der Waals surface area contributed by atoms with Crippen LogP contribution in [-0.4, -0.2) is 45.0 Å². The summed E-state index contributed by atoms with van der Waals surface area (Å²) in [7, 11) is 1.56. The van der Waals surface area contributed by atoms with Gasteiger partial charge in [-0.1, -0.05) is 11.6 Å². The van der Waals surface area contributed by atoms with Gasteiger partial charge in [-0.05, 0) is 49.2 Å². The van der Waals surface area contributed by atoms with Gasteiger partial charge in [-0.15, -0.1) is 0 Å². The molecule has 0 aliphatic carbocycles. The molecule has 1 saturated heterocycles. The summed E-state index contributed by atoms with van der Waals surface area (Å²) in [5.74, 6) is 1.65. The van der Waals surface area contributed by atoms with E-state index < -0.39 is 0 Å². The lowest BCUT2D eigenvalue weighted by atomic mass is 10.2. The molecule has 2 N–H and O–H groups in total. The Morgan fingerprint density at radius 1 is 1.23 bits per heavy atom. The Balaban J connectivity index is 1.54. The van der Waals surface area contributed by atoms with Crippen LogP contribution in [0.5, 0.6) is 17.2 Å². The van der Waals surface area contributed by atoms with Gasteiger partial charge in [0.2, 0.25) is 12.8 Å². The second-order valence-electron chi connectivity index (χ2n) is 6.82. The third kappa shape index (κ3) is 4.77. The zero-order chi connectivity index (χ0) is 20.9. The van der Waals surface area contributed by atoms with Gasteiger partial charge in [-0.3, -0.25) is 10.1 Å². The number of hydrogen-bond acceptors (Lipinski definition) is 6. The fraction of sp³-hybridized carbons (Fsp3) is 0.333. The van der Waals surface area contributed by atoms with Crippen molar-refractivity contribution in [2.45, 2.75) is 18.9 Å². The highest BCUT2D eigenvalue weighted by Crippen LogP contribution is 2.32. The standard InChI is InChI=1S/C21H22ClN3O5/c1-27-17-7-5-14(22)10-16(17)24-21(23-11-15-3-2-8-28-15)25-20(26)13-4-6-18-19(9-13)30-12-29-18/h4-7,9-10,15H,2-3,8,11-12H2,1H3,(H2,23,24,25,26)/t15-/m1/s1. The number of nitrogens with zero attached hydrogens (tertiary/aromatic N) is 1. The Bertz CT molecular complexity index is 960. The number of anilines is 1. The summed E-state index contributed by atoms with van der Waals surface area (Å²) in [5.41, 5.74) is 1.01. The van der Waals surface area contributed by atoms with E-state index >= 15 is 0 Å². The van der Waals surface area contributed by atoms with Crippen LogP contribution in [0.2, 0.25) is 5.02 Å². The van der Waals surface area contributed by atoms with Gasteiger partial charge in [0.05, 0.1) is 25.4 Å². The lowest BCUT2D eigenvalue weighted by molar-refractivity contribution is 0.0975. The summed E-state index contributed by atoms with van der Waals surface area (Å²) >= 11 is 6.13. The molecule has 0 bridgehead atoms. The van der Waals surface area contributed by atoms with Crippen LogP contribution >= 0.6 is 11.6 Å². The molecule has 0 unspecified atom stereocenters. The van der Waals surface area contributed by atoms with Crippen molar-refractivity contribution in [1.82, 2.24) is 5.32 Å². The van der Waals surface area contributed by atoms with Crippen molar-refractivity contribution >= 4 is 29.2 Å². The monoisotopic (exact) mass is 431 g/mol. The molecule has 8 nitrogen and oxygen atoms in total. The number of aliphatic imine (C=N–C) groups is 1. The zero-order valence-electron chi connectivity index (χ0n) is 16.4. The number of benzene rings is 2. The highest BCUT2D eigenvalue weighted by molar-refractivity contribution is 6.31. The first-order valence-corrected chi connectivity index (χ1v) is 9.98. The number of methoxy groups -OCH3 is 1. The molecule has 9 heteroatoms. The van der Waals surface area contributed by atoms with Gasteiger partial charge in [-0.25, -0.2) is 4.99 Å². The van der Waals surface area contributed by atoms with Crippen LogP contribution in [0.15, 0.2) is 41.4 Å². The number of nitrogens with one attached hydrogen (secondary N) is 2. The maximum Gasteiger partial charge on any atom is 0.258 e. The highest BCUT2D eigenvalue weighted by Gasteiger charge is 2.19. The van der Waals surface area contributed by atoms with Crippen LogP contribution in [0.1, 0.15) is 23.2 Å². The van der Waals surface area contributed by atoms with Crippen LogP contribution < -0.4 is 24.8 Å². The van der Waals surface area contributed by atoms with E-state index in [1.807, 2.05) is 0 Å². The summed E-state index contributed by atoms with van der Waals surface area (Å²) in [5, 5.41) is 6.46. The molecule has 0 spiro atoms. The van der Waals surface area contributed by atoms with Gasteiger partial charge in [0, 0.05) is 17.2 Å². The Labute approximate surface area is 179 Å². The SMILES string of the molecule is COc1ccc(Cl)cc1NC(=NC[C@H]1CCCO1)NC(=O)c1ccc2c(c1)OCO2. The summed E-state index contributed by atoms with van der Waals surface area (Å²) in [6.07, 6.45) is 1.98. The maximum absolute atomic E-state index is 12.8. The lowest BCUT2D eigenvalue weighted by Gasteiger charge is -2.15. The molecule has 158 valence electrons. The number of guanidine groups is 1. The predicted molar refractivity (Wildman–Crippen MR) is 113 cm³/mol. The number of rotatable bonds is 5. The Morgan fingerprint density at radius 3 is 2.90 bits per heavy atom. The van der Waals surface area contributed by atoms with Gasteiger partial charge in [-0.2, -0.15) is 0 Å². The molecule has 2 aromatic carbocycles. The molecule has 2 aliphatic heterocycles. The minimum Gasteiger partial charge on any atom is -0.495 e. The van der Waals surface area contributed by atoms with Gasteiger partial charge in [0.1, 0.15) is 5.75 Å². The number of ether oxygens (including phenoxy) is 4. The summed E-state index contributed by atoms with van der Waals surface area (Å²) < 4.78 is 21.7. The molecule has 1 atom stereocenters. The fourth-order valence-corrected chi connectivity index (χ4v) is 3.39. The lowest BCUT2D eigenvalue weighted by Crippen LogP contribution is -2.36. The first-order valence-electron chi connectivity index (χ1n) is 9.60. The van der Waals surface area contributed by atoms with Gasteiger partial charge < -0.3 is 24.3 Å². The number of amides is 1. The largest absolute Gasteiger partial charge is 0.495 e. The van der Waals surface area contributed by atoms with Crippen molar-refractivity contribution in [2.24, 2.45) is 4.99 Å². The summed E-state index contributed by atoms with van der Waals surface area (Å²) in [4.78, 5) is 17.4. The molecule has 4 rings (SSSR count). The topological polar surface area (TPSA) is 90.4 Å². The van der Waals surface area contributed by atoms with Crippen molar-refractivity contribution in [2.75, 3.05) is 32.4 Å². The van der Waals surface area contributed by atoms with Crippen molar-refractivity contribution in [3.63, 3.8) is 0 Å². The molecule has 0 aromatic heterocycles. The second-order valence-corrected chi connectivity index (χ2v) is 7.25. The first-order chi connectivity index (χ1) is 14.6. The van der Waals surface area contributed by atoms with E-state index in [4.69, 9.17) is 30.5 Å². The molecule has 0 radical (unpaired) electrons. The van der Waals surface area contributed by atoms with E-state index in [9.17, 15) is 4.79 Å². The second kappa shape index (κ2) is 9.23. The van der Waals surface area contributed by atoms with E-state index in [0.717, 1.165) is 19.4 Å². The molecular formula is C21H22ClN3O5. The normalized spacial score (nSPS) is 17.7.